The van der Waals surface area contributed by atoms with Crippen molar-refractivity contribution in [3.8, 4) is 11.5 Å². The Morgan fingerprint density at radius 3 is 2.48 bits per heavy atom. The van der Waals surface area contributed by atoms with Crippen LogP contribution in [0.1, 0.15) is 11.6 Å². The number of hydrogen-bond acceptors (Lipinski definition) is 4. The van der Waals surface area contributed by atoms with Crippen molar-refractivity contribution in [2.45, 2.75) is 12.1 Å². The van der Waals surface area contributed by atoms with Crippen LogP contribution in [-0.2, 0) is 4.79 Å². The van der Waals surface area contributed by atoms with Crippen LogP contribution in [-0.4, -0.2) is 25.2 Å². The summed E-state index contributed by atoms with van der Waals surface area (Å²) in [6, 6.07) is 12.7. The van der Waals surface area contributed by atoms with Gasteiger partial charge >= 0.3 is 0 Å². The number of carbonyl (C=O) groups excluding carboxylic acids is 1. The van der Waals surface area contributed by atoms with Crippen LogP contribution in [0.25, 0.3) is 0 Å². The molecule has 0 spiro atoms. The molecule has 2 aliphatic rings. The molecular weight excluding hydrogens is 360 g/mol. The van der Waals surface area contributed by atoms with Crippen LogP contribution in [0.3, 0.4) is 0 Å². The van der Waals surface area contributed by atoms with E-state index in [4.69, 9.17) is 15.2 Å². The highest BCUT2D eigenvalue weighted by Crippen LogP contribution is 2.42. The SMILES string of the molecule is NC1C(=O)N(c2ccc3c(c2)OCCO3)C1c1ccc(Br)cc1. The fraction of sp³-hybridized carbons (Fsp3) is 0.235. The summed E-state index contributed by atoms with van der Waals surface area (Å²) in [5.74, 6) is 1.28. The predicted molar refractivity (Wildman–Crippen MR) is 89.8 cm³/mol. The molecular formula is C17H15BrN2O3. The van der Waals surface area contributed by atoms with Gasteiger partial charge in [-0.05, 0) is 29.8 Å². The second-order valence-electron chi connectivity index (χ2n) is 5.56. The maximum atomic E-state index is 12.3. The molecule has 1 fully saturated rings. The first-order valence-corrected chi connectivity index (χ1v) is 8.18. The van der Waals surface area contributed by atoms with Crippen LogP contribution in [0.5, 0.6) is 11.5 Å². The van der Waals surface area contributed by atoms with Gasteiger partial charge in [0.25, 0.3) is 0 Å². The summed E-state index contributed by atoms with van der Waals surface area (Å²) in [4.78, 5) is 14.0. The van der Waals surface area contributed by atoms with Gasteiger partial charge in [0.05, 0.1) is 6.04 Å². The monoisotopic (exact) mass is 374 g/mol. The number of amides is 1. The number of β-lactam (4-membered cyclic amide) rings is 1. The molecule has 23 heavy (non-hydrogen) atoms. The maximum absolute atomic E-state index is 12.3. The molecule has 0 radical (unpaired) electrons. The molecule has 5 nitrogen and oxygen atoms in total. The van der Waals surface area contributed by atoms with Gasteiger partial charge in [0, 0.05) is 16.2 Å². The van der Waals surface area contributed by atoms with Gasteiger partial charge in [0.15, 0.2) is 11.5 Å². The van der Waals surface area contributed by atoms with Crippen molar-refractivity contribution in [1.82, 2.24) is 0 Å². The van der Waals surface area contributed by atoms with Gasteiger partial charge in [-0.15, -0.1) is 0 Å². The van der Waals surface area contributed by atoms with Crippen molar-refractivity contribution in [2.24, 2.45) is 5.73 Å². The minimum Gasteiger partial charge on any atom is -0.486 e. The number of benzene rings is 2. The predicted octanol–water partition coefficient (Wildman–Crippen LogP) is 2.64. The van der Waals surface area contributed by atoms with Crippen molar-refractivity contribution < 1.29 is 14.3 Å². The van der Waals surface area contributed by atoms with Crippen LogP contribution in [0.4, 0.5) is 5.69 Å². The molecule has 1 amide bonds. The summed E-state index contributed by atoms with van der Waals surface area (Å²) in [5.41, 5.74) is 7.82. The molecule has 0 aliphatic carbocycles. The Kier molecular flexibility index (Phi) is 3.50. The number of nitrogens with two attached hydrogens (primary N) is 1. The van der Waals surface area contributed by atoms with Crippen molar-refractivity contribution in [3.63, 3.8) is 0 Å². The molecule has 118 valence electrons. The molecule has 0 bridgehead atoms. The molecule has 6 heteroatoms. The van der Waals surface area contributed by atoms with Gasteiger partial charge in [-0.1, -0.05) is 28.1 Å². The Balaban J connectivity index is 1.69. The zero-order chi connectivity index (χ0) is 16.0. The van der Waals surface area contributed by atoms with Gasteiger partial charge in [0.2, 0.25) is 5.91 Å². The zero-order valence-corrected chi connectivity index (χ0v) is 13.8. The summed E-state index contributed by atoms with van der Waals surface area (Å²) in [6.45, 7) is 1.06. The first-order valence-electron chi connectivity index (χ1n) is 7.39. The fourth-order valence-corrected chi connectivity index (χ4v) is 3.26. The third-order valence-corrected chi connectivity index (χ3v) is 4.69. The lowest BCUT2D eigenvalue weighted by atomic mass is 9.88. The van der Waals surface area contributed by atoms with Crippen molar-refractivity contribution >= 4 is 27.5 Å². The number of halogens is 1. The third kappa shape index (κ3) is 2.38. The molecule has 2 heterocycles. The molecule has 0 saturated carbocycles. The topological polar surface area (TPSA) is 64.8 Å². The molecule has 2 aromatic carbocycles. The van der Waals surface area contributed by atoms with E-state index in [9.17, 15) is 4.79 Å². The normalized spacial score (nSPS) is 22.7. The van der Waals surface area contributed by atoms with Gasteiger partial charge < -0.3 is 20.1 Å². The maximum Gasteiger partial charge on any atom is 0.247 e. The quantitative estimate of drug-likeness (QED) is 0.820. The van der Waals surface area contributed by atoms with Crippen LogP contribution >= 0.6 is 15.9 Å². The zero-order valence-electron chi connectivity index (χ0n) is 12.2. The van der Waals surface area contributed by atoms with E-state index >= 15 is 0 Å². The Bertz CT molecular complexity index is 763. The largest absolute Gasteiger partial charge is 0.486 e. The lowest BCUT2D eigenvalue weighted by Gasteiger charge is -2.45. The van der Waals surface area contributed by atoms with Gasteiger partial charge in [-0.3, -0.25) is 4.79 Å². The second-order valence-corrected chi connectivity index (χ2v) is 6.47. The van der Waals surface area contributed by atoms with Crippen molar-refractivity contribution in [3.05, 3.63) is 52.5 Å². The lowest BCUT2D eigenvalue weighted by Crippen LogP contribution is -2.63. The standard InChI is InChI=1S/C17H15BrN2O3/c18-11-3-1-10(2-4-11)16-15(19)17(21)20(16)12-5-6-13-14(9-12)23-8-7-22-13/h1-6,9,15-16H,7-8,19H2. The Labute approximate surface area is 142 Å². The van der Waals surface area contributed by atoms with Crippen molar-refractivity contribution in [1.29, 1.82) is 0 Å². The van der Waals surface area contributed by atoms with E-state index in [1.807, 2.05) is 42.5 Å². The highest BCUT2D eigenvalue weighted by molar-refractivity contribution is 9.10. The molecule has 1 saturated heterocycles. The summed E-state index contributed by atoms with van der Waals surface area (Å²) >= 11 is 3.42. The van der Waals surface area contributed by atoms with E-state index in [1.165, 1.54) is 0 Å². The van der Waals surface area contributed by atoms with E-state index in [0.29, 0.717) is 24.7 Å². The summed E-state index contributed by atoms with van der Waals surface area (Å²) in [7, 11) is 0. The first kappa shape index (κ1) is 14.5. The molecule has 2 N–H and O–H groups in total. The van der Waals surface area contributed by atoms with Crippen LogP contribution in [0, 0.1) is 0 Å². The molecule has 4 rings (SSSR count). The minimum absolute atomic E-state index is 0.0883. The third-order valence-electron chi connectivity index (χ3n) is 4.16. The van der Waals surface area contributed by atoms with Crippen LogP contribution < -0.4 is 20.1 Å². The number of carbonyl (C=O) groups is 1. The van der Waals surface area contributed by atoms with Crippen molar-refractivity contribution in [2.75, 3.05) is 18.1 Å². The number of rotatable bonds is 2. The number of nitrogens with zero attached hydrogens (tertiary/aromatic N) is 1. The molecule has 2 aliphatic heterocycles. The van der Waals surface area contributed by atoms with Crippen LogP contribution in [0.2, 0.25) is 0 Å². The average molecular weight is 375 g/mol. The van der Waals surface area contributed by atoms with E-state index < -0.39 is 6.04 Å². The minimum atomic E-state index is -0.524. The van der Waals surface area contributed by atoms with Gasteiger partial charge in [-0.2, -0.15) is 0 Å². The number of fused-ring (bicyclic) bond motifs is 1. The Hall–Kier alpha value is -2.05. The highest BCUT2D eigenvalue weighted by atomic mass is 79.9. The van der Waals surface area contributed by atoms with Crippen LogP contribution in [0.15, 0.2) is 46.9 Å². The molecule has 2 atom stereocenters. The summed E-state index contributed by atoms with van der Waals surface area (Å²) in [6.07, 6.45) is 0. The van der Waals surface area contributed by atoms with E-state index in [-0.39, 0.29) is 11.9 Å². The van der Waals surface area contributed by atoms with E-state index in [0.717, 1.165) is 15.7 Å². The summed E-state index contributed by atoms with van der Waals surface area (Å²) in [5, 5.41) is 0. The van der Waals surface area contributed by atoms with E-state index in [1.54, 1.807) is 4.90 Å². The molecule has 2 unspecified atom stereocenters. The molecule has 0 aromatic heterocycles. The van der Waals surface area contributed by atoms with Gasteiger partial charge in [0.1, 0.15) is 19.3 Å². The first-order chi connectivity index (χ1) is 11.1. The summed E-state index contributed by atoms with van der Waals surface area (Å²) < 4.78 is 12.1. The molecule has 2 aromatic rings. The van der Waals surface area contributed by atoms with Gasteiger partial charge in [-0.25, -0.2) is 0 Å². The average Bonchev–Trinajstić information content (AvgIpc) is 2.59. The smallest absolute Gasteiger partial charge is 0.247 e. The number of hydrogen-bond donors (Lipinski definition) is 1. The fourth-order valence-electron chi connectivity index (χ4n) is 3.00. The lowest BCUT2D eigenvalue weighted by molar-refractivity contribution is -0.126. The number of anilines is 1. The highest BCUT2D eigenvalue weighted by Gasteiger charge is 2.46. The second kappa shape index (κ2) is 5.54. The Morgan fingerprint density at radius 2 is 1.74 bits per heavy atom. The van der Waals surface area contributed by atoms with E-state index in [2.05, 4.69) is 15.9 Å². The number of ether oxygens (including phenoxy) is 2. The Morgan fingerprint density at radius 1 is 1.04 bits per heavy atom.